The first-order valence-electron chi connectivity index (χ1n) is 9.89. The smallest absolute Gasteiger partial charge is 0.272 e. The number of benzene rings is 2. The number of aromatic amines is 1. The highest BCUT2D eigenvalue weighted by Crippen LogP contribution is 2.26. The van der Waals surface area contributed by atoms with Crippen LogP contribution in [0.1, 0.15) is 23.7 Å². The second-order valence-corrected chi connectivity index (χ2v) is 7.06. The normalized spacial score (nSPS) is 14.0. The fourth-order valence-electron chi connectivity index (χ4n) is 3.54. The maximum absolute atomic E-state index is 12.9. The van der Waals surface area contributed by atoms with E-state index in [1.54, 1.807) is 58.3 Å². The lowest BCUT2D eigenvalue weighted by Crippen LogP contribution is -2.50. The lowest BCUT2D eigenvalue weighted by molar-refractivity contribution is -0.132. The van der Waals surface area contributed by atoms with E-state index in [2.05, 4.69) is 10.2 Å². The summed E-state index contributed by atoms with van der Waals surface area (Å²) in [5, 5.41) is 7.51. The highest BCUT2D eigenvalue weighted by molar-refractivity contribution is 5.95. The average Bonchev–Trinajstić information content (AvgIpc) is 2.80. The molecule has 8 nitrogen and oxygen atoms in total. The quantitative estimate of drug-likeness (QED) is 0.718. The van der Waals surface area contributed by atoms with Crippen LogP contribution in [0.4, 0.5) is 0 Å². The molecule has 30 heavy (non-hydrogen) atoms. The molecule has 1 aromatic heterocycles. The number of H-pyrrole nitrogens is 1. The van der Waals surface area contributed by atoms with Gasteiger partial charge in [-0.3, -0.25) is 14.4 Å². The van der Waals surface area contributed by atoms with E-state index in [1.807, 2.05) is 6.92 Å². The van der Waals surface area contributed by atoms with Gasteiger partial charge in [-0.1, -0.05) is 25.1 Å². The van der Waals surface area contributed by atoms with Crippen LogP contribution in [0, 0.1) is 0 Å². The molecule has 0 unspecified atom stereocenters. The molecule has 2 heterocycles. The van der Waals surface area contributed by atoms with Crippen molar-refractivity contribution in [2.75, 3.05) is 26.2 Å². The summed E-state index contributed by atoms with van der Waals surface area (Å²) < 4.78 is 5.88. The molecule has 4 rings (SSSR count). The van der Waals surface area contributed by atoms with Crippen molar-refractivity contribution in [2.45, 2.75) is 13.3 Å². The van der Waals surface area contributed by atoms with E-state index in [4.69, 9.17) is 4.74 Å². The Bertz CT molecular complexity index is 1150. The van der Waals surface area contributed by atoms with Crippen molar-refractivity contribution in [1.29, 1.82) is 0 Å². The highest BCUT2D eigenvalue weighted by Gasteiger charge is 2.24. The van der Waals surface area contributed by atoms with E-state index < -0.39 is 0 Å². The molecular weight excluding hydrogens is 384 g/mol. The second-order valence-electron chi connectivity index (χ2n) is 7.06. The third-order valence-corrected chi connectivity index (χ3v) is 5.18. The van der Waals surface area contributed by atoms with Crippen molar-refractivity contribution in [2.24, 2.45) is 0 Å². The number of hydrogen-bond donors (Lipinski definition) is 1. The van der Waals surface area contributed by atoms with E-state index in [0.29, 0.717) is 54.7 Å². The number of amides is 2. The number of fused-ring (bicyclic) bond motifs is 1. The molecule has 0 bridgehead atoms. The number of aromatic nitrogens is 2. The molecule has 1 fully saturated rings. The Morgan fingerprint density at radius 2 is 1.70 bits per heavy atom. The van der Waals surface area contributed by atoms with Gasteiger partial charge in [0.2, 0.25) is 11.8 Å². The summed E-state index contributed by atoms with van der Waals surface area (Å²) in [6, 6.07) is 13.9. The molecule has 1 saturated heterocycles. The maximum Gasteiger partial charge on any atom is 0.272 e. The van der Waals surface area contributed by atoms with Gasteiger partial charge in [-0.2, -0.15) is 0 Å². The maximum atomic E-state index is 12.9. The van der Waals surface area contributed by atoms with E-state index >= 15 is 0 Å². The molecule has 1 aliphatic heterocycles. The van der Waals surface area contributed by atoms with Gasteiger partial charge in [-0.05, 0) is 30.3 Å². The first-order chi connectivity index (χ1) is 14.6. The minimum atomic E-state index is -0.289. The number of rotatable bonds is 4. The van der Waals surface area contributed by atoms with Gasteiger partial charge in [0.05, 0.1) is 10.8 Å². The molecule has 2 aromatic carbocycles. The summed E-state index contributed by atoms with van der Waals surface area (Å²) in [5.41, 5.74) is 0.207. The minimum absolute atomic E-state index is 0.108. The standard InChI is InChI=1S/C22H22N4O4/c1-2-19(27)25-10-12-26(13-11-25)22(29)15-6-5-7-16(14-15)30-21-18-9-4-3-8-17(18)20(28)23-24-21/h3-9,14H,2,10-13H2,1H3,(H,23,28). The molecular formula is C22H22N4O4. The molecule has 8 heteroatoms. The van der Waals surface area contributed by atoms with Crippen LogP contribution in [-0.4, -0.2) is 58.0 Å². The third kappa shape index (κ3) is 3.89. The number of hydrogen-bond acceptors (Lipinski definition) is 5. The summed E-state index contributed by atoms with van der Waals surface area (Å²) in [4.78, 5) is 40.2. The van der Waals surface area contributed by atoms with Gasteiger partial charge in [-0.25, -0.2) is 5.10 Å². The van der Waals surface area contributed by atoms with Crippen molar-refractivity contribution in [1.82, 2.24) is 20.0 Å². The number of nitrogens with zero attached hydrogens (tertiary/aromatic N) is 3. The van der Waals surface area contributed by atoms with Crippen LogP contribution in [0.5, 0.6) is 11.6 Å². The predicted molar refractivity (Wildman–Crippen MR) is 112 cm³/mol. The highest BCUT2D eigenvalue weighted by atomic mass is 16.5. The molecule has 1 N–H and O–H groups in total. The van der Waals surface area contributed by atoms with Crippen LogP contribution in [0.2, 0.25) is 0 Å². The van der Waals surface area contributed by atoms with Crippen molar-refractivity contribution < 1.29 is 14.3 Å². The Labute approximate surface area is 173 Å². The molecule has 154 valence electrons. The summed E-state index contributed by atoms with van der Waals surface area (Å²) in [7, 11) is 0. The third-order valence-electron chi connectivity index (χ3n) is 5.18. The Kier molecular flexibility index (Phi) is 5.47. The Morgan fingerprint density at radius 1 is 1.00 bits per heavy atom. The number of piperazine rings is 1. The van der Waals surface area contributed by atoms with Crippen molar-refractivity contribution in [3.63, 3.8) is 0 Å². The van der Waals surface area contributed by atoms with E-state index in [9.17, 15) is 14.4 Å². The molecule has 0 spiro atoms. The zero-order chi connectivity index (χ0) is 21.1. The SMILES string of the molecule is CCC(=O)N1CCN(C(=O)c2cccc(Oc3n[nH]c(=O)c4ccccc34)c2)CC1. The zero-order valence-electron chi connectivity index (χ0n) is 16.6. The Hall–Kier alpha value is -3.68. The summed E-state index contributed by atoms with van der Waals surface area (Å²) >= 11 is 0. The zero-order valence-corrected chi connectivity index (χ0v) is 16.6. The van der Waals surface area contributed by atoms with Crippen molar-refractivity contribution >= 4 is 22.6 Å². The Balaban J connectivity index is 1.51. The van der Waals surface area contributed by atoms with E-state index in [0.717, 1.165) is 0 Å². The minimum Gasteiger partial charge on any atom is -0.437 e. The number of nitrogens with one attached hydrogen (secondary N) is 1. The predicted octanol–water partition coefficient (Wildman–Crippen LogP) is 2.41. The second kappa shape index (κ2) is 8.36. The molecule has 0 aliphatic carbocycles. The largest absolute Gasteiger partial charge is 0.437 e. The van der Waals surface area contributed by atoms with Crippen molar-refractivity contribution in [3.05, 3.63) is 64.4 Å². The molecule has 1 aliphatic rings. The van der Waals surface area contributed by atoms with Gasteiger partial charge in [-0.15, -0.1) is 5.10 Å². The van der Waals surface area contributed by atoms with Crippen LogP contribution in [0.25, 0.3) is 10.8 Å². The average molecular weight is 406 g/mol. The van der Waals surface area contributed by atoms with Crippen LogP contribution in [-0.2, 0) is 4.79 Å². The molecule has 3 aromatic rings. The van der Waals surface area contributed by atoms with Gasteiger partial charge in [0.1, 0.15) is 5.75 Å². The van der Waals surface area contributed by atoms with Gasteiger partial charge < -0.3 is 14.5 Å². The fourth-order valence-corrected chi connectivity index (χ4v) is 3.54. The summed E-state index contributed by atoms with van der Waals surface area (Å²) in [6.07, 6.45) is 0.473. The van der Waals surface area contributed by atoms with Gasteiger partial charge >= 0.3 is 0 Å². The lowest BCUT2D eigenvalue weighted by Gasteiger charge is -2.34. The topological polar surface area (TPSA) is 95.6 Å². The number of carbonyl (C=O) groups excluding carboxylic acids is 2. The molecule has 0 radical (unpaired) electrons. The number of carbonyl (C=O) groups is 2. The Morgan fingerprint density at radius 3 is 2.43 bits per heavy atom. The number of ether oxygens (including phenoxy) is 1. The van der Waals surface area contributed by atoms with Gasteiger partial charge in [0.25, 0.3) is 11.5 Å². The molecule has 0 saturated carbocycles. The molecule has 2 amide bonds. The van der Waals surface area contributed by atoms with Crippen LogP contribution < -0.4 is 10.3 Å². The van der Waals surface area contributed by atoms with Crippen molar-refractivity contribution in [3.8, 4) is 11.6 Å². The van der Waals surface area contributed by atoms with Gasteiger partial charge in [0.15, 0.2) is 0 Å². The fraction of sp³-hybridized carbons (Fsp3) is 0.273. The first-order valence-corrected chi connectivity index (χ1v) is 9.89. The summed E-state index contributed by atoms with van der Waals surface area (Å²) in [5.74, 6) is 0.716. The van der Waals surface area contributed by atoms with Crippen LogP contribution in [0.3, 0.4) is 0 Å². The first kappa shape index (κ1) is 19.6. The van der Waals surface area contributed by atoms with E-state index in [-0.39, 0.29) is 23.3 Å². The van der Waals surface area contributed by atoms with Gasteiger partial charge in [0, 0.05) is 38.2 Å². The lowest BCUT2D eigenvalue weighted by atomic mass is 10.1. The summed E-state index contributed by atoms with van der Waals surface area (Å²) in [6.45, 7) is 3.93. The molecule has 0 atom stereocenters. The van der Waals surface area contributed by atoms with Crippen LogP contribution >= 0.6 is 0 Å². The monoisotopic (exact) mass is 406 g/mol. The van der Waals surface area contributed by atoms with Crippen LogP contribution in [0.15, 0.2) is 53.3 Å². The van der Waals surface area contributed by atoms with E-state index in [1.165, 1.54) is 0 Å².